The van der Waals surface area contributed by atoms with Crippen LogP contribution in [0.25, 0.3) is 0 Å². The van der Waals surface area contributed by atoms with E-state index in [1.54, 1.807) is 18.2 Å². The van der Waals surface area contributed by atoms with E-state index in [-0.39, 0.29) is 23.6 Å². The molecule has 0 bridgehead atoms. The zero-order valence-corrected chi connectivity index (χ0v) is 12.6. The van der Waals surface area contributed by atoms with Crippen molar-refractivity contribution in [1.82, 2.24) is 5.01 Å². The lowest BCUT2D eigenvalue weighted by Gasteiger charge is -2.29. The van der Waals surface area contributed by atoms with Crippen LogP contribution in [0.1, 0.15) is 24.1 Å². The summed E-state index contributed by atoms with van der Waals surface area (Å²) < 4.78 is 5.87. The van der Waals surface area contributed by atoms with E-state index in [0.717, 1.165) is 22.6 Å². The molecule has 0 aliphatic carbocycles. The van der Waals surface area contributed by atoms with Crippen LogP contribution in [0.15, 0.2) is 53.6 Å². The van der Waals surface area contributed by atoms with Crippen LogP contribution in [0.3, 0.4) is 0 Å². The molecule has 0 radical (unpaired) electrons. The van der Waals surface area contributed by atoms with Gasteiger partial charge in [-0.3, -0.25) is 4.79 Å². The molecule has 2 aliphatic heterocycles. The number of amides is 1. The molecule has 0 fully saturated rings. The van der Waals surface area contributed by atoms with Gasteiger partial charge in [-0.15, -0.1) is 0 Å². The number of hydrazone groups is 1. The van der Waals surface area contributed by atoms with Crippen molar-refractivity contribution in [3.8, 4) is 11.5 Å². The van der Waals surface area contributed by atoms with Gasteiger partial charge in [0.15, 0.2) is 0 Å². The van der Waals surface area contributed by atoms with E-state index in [2.05, 4.69) is 5.10 Å². The van der Waals surface area contributed by atoms with Gasteiger partial charge in [-0.05, 0) is 29.8 Å². The molecule has 2 heterocycles. The molecular weight excluding hydrogens is 292 g/mol. The van der Waals surface area contributed by atoms with Crippen LogP contribution < -0.4 is 4.74 Å². The number of rotatable bonds is 1. The Kier molecular flexibility index (Phi) is 3.08. The van der Waals surface area contributed by atoms with E-state index in [4.69, 9.17) is 4.74 Å². The van der Waals surface area contributed by atoms with E-state index in [0.29, 0.717) is 6.61 Å². The molecule has 2 atom stereocenters. The average molecular weight is 308 g/mol. The third-order valence-electron chi connectivity index (χ3n) is 4.33. The number of hydrogen-bond acceptors (Lipinski definition) is 4. The normalized spacial score (nSPS) is 22.0. The van der Waals surface area contributed by atoms with Crippen LogP contribution >= 0.6 is 0 Å². The minimum Gasteiger partial charge on any atom is -0.508 e. The first kappa shape index (κ1) is 13.8. The molecule has 2 aliphatic rings. The Morgan fingerprint density at radius 1 is 1.26 bits per heavy atom. The lowest BCUT2D eigenvalue weighted by atomic mass is 9.86. The maximum Gasteiger partial charge on any atom is 0.240 e. The molecule has 1 unspecified atom stereocenters. The smallest absolute Gasteiger partial charge is 0.240 e. The quantitative estimate of drug-likeness (QED) is 0.881. The van der Waals surface area contributed by atoms with Crippen LogP contribution in [0.2, 0.25) is 0 Å². The number of aromatic hydroxyl groups is 1. The van der Waals surface area contributed by atoms with Crippen molar-refractivity contribution in [3.05, 3.63) is 59.7 Å². The zero-order valence-electron chi connectivity index (χ0n) is 12.6. The third-order valence-corrected chi connectivity index (χ3v) is 4.33. The number of para-hydroxylation sites is 1. The van der Waals surface area contributed by atoms with E-state index >= 15 is 0 Å². The van der Waals surface area contributed by atoms with E-state index in [1.165, 1.54) is 11.9 Å². The summed E-state index contributed by atoms with van der Waals surface area (Å²) >= 11 is 0. The number of phenolic OH excluding ortho intramolecular Hbond substituents is 1. The summed E-state index contributed by atoms with van der Waals surface area (Å²) in [7, 11) is 0. The molecule has 23 heavy (non-hydrogen) atoms. The number of nitrogens with zero attached hydrogens (tertiary/aromatic N) is 2. The first-order valence-electron chi connectivity index (χ1n) is 7.54. The predicted molar refractivity (Wildman–Crippen MR) is 85.3 cm³/mol. The monoisotopic (exact) mass is 308 g/mol. The number of fused-ring (bicyclic) bond motifs is 3. The first-order valence-corrected chi connectivity index (χ1v) is 7.54. The van der Waals surface area contributed by atoms with Gasteiger partial charge in [0.05, 0.1) is 24.3 Å². The second-order valence-electron chi connectivity index (χ2n) is 5.80. The number of hydrogen-bond donors (Lipinski definition) is 1. The largest absolute Gasteiger partial charge is 0.508 e. The number of carbonyl (C=O) groups excluding carboxylic acids is 1. The van der Waals surface area contributed by atoms with Gasteiger partial charge in [0.1, 0.15) is 11.5 Å². The summed E-state index contributed by atoms with van der Waals surface area (Å²) in [6.45, 7) is 1.96. The highest BCUT2D eigenvalue weighted by molar-refractivity contribution is 6.07. The van der Waals surface area contributed by atoms with E-state index in [9.17, 15) is 9.90 Å². The highest BCUT2D eigenvalue weighted by atomic mass is 16.5. The van der Waals surface area contributed by atoms with Gasteiger partial charge in [-0.25, -0.2) is 5.01 Å². The predicted octanol–water partition coefficient (Wildman–Crippen LogP) is 2.71. The molecule has 0 aromatic heterocycles. The first-order chi connectivity index (χ1) is 11.1. The highest BCUT2D eigenvalue weighted by Crippen LogP contribution is 2.42. The maximum atomic E-state index is 12.1. The second-order valence-corrected chi connectivity index (χ2v) is 5.80. The Bertz CT molecular complexity index is 815. The second kappa shape index (κ2) is 5.12. The number of ether oxygens (including phenoxy) is 1. The van der Waals surface area contributed by atoms with Crippen LogP contribution in [0, 0.1) is 5.92 Å². The molecule has 2 aromatic rings. The number of carbonyl (C=O) groups is 1. The van der Waals surface area contributed by atoms with Gasteiger partial charge >= 0.3 is 0 Å². The zero-order chi connectivity index (χ0) is 16.0. The fourth-order valence-corrected chi connectivity index (χ4v) is 3.33. The van der Waals surface area contributed by atoms with Crippen molar-refractivity contribution >= 4 is 11.6 Å². The summed E-state index contributed by atoms with van der Waals surface area (Å²) in [5, 5.41) is 15.9. The van der Waals surface area contributed by atoms with Crippen LogP contribution in [0.5, 0.6) is 11.5 Å². The molecule has 116 valence electrons. The topological polar surface area (TPSA) is 62.1 Å². The van der Waals surface area contributed by atoms with Gasteiger partial charge in [-0.2, -0.15) is 5.10 Å². The summed E-state index contributed by atoms with van der Waals surface area (Å²) in [5.74, 6) is 0.799. The molecule has 2 aromatic carbocycles. The van der Waals surface area contributed by atoms with Gasteiger partial charge in [-0.1, -0.05) is 24.3 Å². The van der Waals surface area contributed by atoms with Gasteiger partial charge in [0, 0.05) is 12.5 Å². The number of benzene rings is 2. The summed E-state index contributed by atoms with van der Waals surface area (Å²) in [6, 6.07) is 14.4. The molecule has 0 spiro atoms. The minimum atomic E-state index is -0.261. The fourth-order valence-electron chi connectivity index (χ4n) is 3.33. The highest BCUT2D eigenvalue weighted by Gasteiger charge is 2.44. The van der Waals surface area contributed by atoms with Gasteiger partial charge in [0.2, 0.25) is 5.91 Å². The van der Waals surface area contributed by atoms with Crippen molar-refractivity contribution < 1.29 is 14.6 Å². The van der Waals surface area contributed by atoms with E-state index in [1.807, 2.05) is 30.3 Å². The van der Waals surface area contributed by atoms with Crippen LogP contribution in [-0.4, -0.2) is 28.3 Å². The molecular formula is C18H16N2O3. The average Bonchev–Trinajstić information content (AvgIpc) is 2.95. The molecule has 0 saturated heterocycles. The van der Waals surface area contributed by atoms with Crippen LogP contribution in [-0.2, 0) is 4.79 Å². The lowest BCUT2D eigenvalue weighted by molar-refractivity contribution is -0.131. The summed E-state index contributed by atoms with van der Waals surface area (Å²) in [5.41, 5.74) is 2.65. The third kappa shape index (κ3) is 2.16. The summed E-state index contributed by atoms with van der Waals surface area (Å²) in [6.07, 6.45) is 0. The summed E-state index contributed by atoms with van der Waals surface area (Å²) in [4.78, 5) is 12.1. The molecule has 0 saturated carbocycles. The Balaban J connectivity index is 1.82. The van der Waals surface area contributed by atoms with Crippen molar-refractivity contribution in [2.45, 2.75) is 13.0 Å². The molecule has 1 N–H and O–H groups in total. The SMILES string of the molecule is CC(=O)N1N=C2c3ccccc3OCC2[C@H]1c1cccc(O)c1. The molecule has 5 nitrogen and oxygen atoms in total. The minimum absolute atomic E-state index is 0.0457. The Morgan fingerprint density at radius 3 is 2.87 bits per heavy atom. The van der Waals surface area contributed by atoms with Crippen molar-refractivity contribution in [3.63, 3.8) is 0 Å². The number of phenols is 1. The van der Waals surface area contributed by atoms with Crippen LogP contribution in [0.4, 0.5) is 0 Å². The standard InChI is InChI=1S/C18H16N2O3/c1-11(21)20-18(12-5-4-6-13(22)9-12)15-10-23-16-8-3-2-7-14(16)17(15)19-20/h2-9,15,18,22H,10H2,1H3/t15?,18-/m1/s1. The van der Waals surface area contributed by atoms with Crippen molar-refractivity contribution in [1.29, 1.82) is 0 Å². The Morgan fingerprint density at radius 2 is 2.09 bits per heavy atom. The molecule has 1 amide bonds. The van der Waals surface area contributed by atoms with Crippen molar-refractivity contribution in [2.75, 3.05) is 6.61 Å². The van der Waals surface area contributed by atoms with Gasteiger partial charge in [0.25, 0.3) is 0 Å². The Hall–Kier alpha value is -2.82. The maximum absolute atomic E-state index is 12.1. The molecule has 5 heteroatoms. The fraction of sp³-hybridized carbons (Fsp3) is 0.222. The van der Waals surface area contributed by atoms with E-state index < -0.39 is 0 Å². The van der Waals surface area contributed by atoms with Crippen molar-refractivity contribution in [2.24, 2.45) is 11.0 Å². The lowest BCUT2D eigenvalue weighted by Crippen LogP contribution is -2.34. The van der Waals surface area contributed by atoms with Gasteiger partial charge < -0.3 is 9.84 Å². The Labute approximate surface area is 133 Å². The molecule has 4 rings (SSSR count).